The maximum atomic E-state index is 9.04. The molecule has 1 heterocycles. The van der Waals surface area contributed by atoms with Crippen molar-refractivity contribution in [3.05, 3.63) is 23.4 Å². The van der Waals surface area contributed by atoms with E-state index >= 15 is 0 Å². The van der Waals surface area contributed by atoms with Crippen LogP contribution in [0.25, 0.3) is 0 Å². The Labute approximate surface area is 110 Å². The molecule has 0 aliphatic rings. The molecule has 1 aromatic heterocycles. The molecule has 4 heteroatoms. The SMILES string of the molecule is CCCNCc1cnc(N(CC)CCO)c(C)c1. The van der Waals surface area contributed by atoms with Crippen LogP contribution in [0.5, 0.6) is 0 Å². The highest BCUT2D eigenvalue weighted by Crippen LogP contribution is 2.17. The van der Waals surface area contributed by atoms with Crippen LogP contribution in [0.2, 0.25) is 0 Å². The van der Waals surface area contributed by atoms with Crippen molar-refractivity contribution in [3.8, 4) is 0 Å². The Morgan fingerprint density at radius 2 is 2.17 bits per heavy atom. The van der Waals surface area contributed by atoms with E-state index in [4.69, 9.17) is 5.11 Å². The quantitative estimate of drug-likeness (QED) is 0.691. The van der Waals surface area contributed by atoms with Gasteiger partial charge in [-0.05, 0) is 44.0 Å². The van der Waals surface area contributed by atoms with Gasteiger partial charge in [-0.2, -0.15) is 0 Å². The molecule has 0 aliphatic heterocycles. The number of hydrogen-bond donors (Lipinski definition) is 2. The van der Waals surface area contributed by atoms with Crippen LogP contribution in [0, 0.1) is 6.92 Å². The van der Waals surface area contributed by atoms with Gasteiger partial charge in [-0.25, -0.2) is 4.98 Å². The van der Waals surface area contributed by atoms with E-state index in [9.17, 15) is 0 Å². The Morgan fingerprint density at radius 1 is 1.39 bits per heavy atom. The molecule has 1 rings (SSSR count). The van der Waals surface area contributed by atoms with E-state index in [-0.39, 0.29) is 6.61 Å². The van der Waals surface area contributed by atoms with E-state index in [0.717, 1.165) is 31.9 Å². The van der Waals surface area contributed by atoms with E-state index in [1.807, 2.05) is 6.20 Å². The smallest absolute Gasteiger partial charge is 0.131 e. The monoisotopic (exact) mass is 251 g/mol. The van der Waals surface area contributed by atoms with Gasteiger partial charge in [0.25, 0.3) is 0 Å². The van der Waals surface area contributed by atoms with Gasteiger partial charge in [-0.3, -0.25) is 0 Å². The molecule has 0 bridgehead atoms. The van der Waals surface area contributed by atoms with Crippen LogP contribution in [0.1, 0.15) is 31.4 Å². The summed E-state index contributed by atoms with van der Waals surface area (Å²) in [6.07, 6.45) is 3.07. The summed E-state index contributed by atoms with van der Waals surface area (Å²) in [5.74, 6) is 0.978. The zero-order valence-corrected chi connectivity index (χ0v) is 11.7. The minimum Gasteiger partial charge on any atom is -0.395 e. The molecule has 0 saturated heterocycles. The van der Waals surface area contributed by atoms with Gasteiger partial charge in [0, 0.05) is 25.8 Å². The molecule has 0 saturated carbocycles. The highest BCUT2D eigenvalue weighted by Gasteiger charge is 2.08. The van der Waals surface area contributed by atoms with Gasteiger partial charge >= 0.3 is 0 Å². The molecule has 1 aromatic rings. The highest BCUT2D eigenvalue weighted by molar-refractivity contribution is 5.47. The number of pyridine rings is 1. The zero-order valence-electron chi connectivity index (χ0n) is 11.7. The lowest BCUT2D eigenvalue weighted by Gasteiger charge is -2.23. The van der Waals surface area contributed by atoms with Crippen molar-refractivity contribution in [2.45, 2.75) is 33.7 Å². The van der Waals surface area contributed by atoms with Crippen molar-refractivity contribution in [2.24, 2.45) is 0 Å². The van der Waals surface area contributed by atoms with E-state index in [0.29, 0.717) is 6.54 Å². The second-order valence-electron chi connectivity index (χ2n) is 4.46. The van der Waals surface area contributed by atoms with Gasteiger partial charge in [-0.1, -0.05) is 6.92 Å². The summed E-state index contributed by atoms with van der Waals surface area (Å²) in [6.45, 7) is 9.88. The van der Waals surface area contributed by atoms with Crippen LogP contribution >= 0.6 is 0 Å². The summed E-state index contributed by atoms with van der Waals surface area (Å²) in [5.41, 5.74) is 2.38. The molecule has 0 spiro atoms. The number of aromatic nitrogens is 1. The highest BCUT2D eigenvalue weighted by atomic mass is 16.3. The van der Waals surface area contributed by atoms with Gasteiger partial charge in [-0.15, -0.1) is 0 Å². The van der Waals surface area contributed by atoms with Gasteiger partial charge < -0.3 is 15.3 Å². The third kappa shape index (κ3) is 4.27. The third-order valence-corrected chi connectivity index (χ3v) is 2.91. The Balaban J connectivity index is 2.71. The van der Waals surface area contributed by atoms with Crippen LogP contribution in [0.15, 0.2) is 12.3 Å². The van der Waals surface area contributed by atoms with Gasteiger partial charge in [0.2, 0.25) is 0 Å². The number of aliphatic hydroxyl groups is 1. The summed E-state index contributed by atoms with van der Waals surface area (Å²) < 4.78 is 0. The van der Waals surface area contributed by atoms with Gasteiger partial charge in [0.1, 0.15) is 5.82 Å². The Kier molecular flexibility index (Phi) is 6.68. The summed E-state index contributed by atoms with van der Waals surface area (Å²) in [6, 6.07) is 2.17. The van der Waals surface area contributed by atoms with Gasteiger partial charge in [0.15, 0.2) is 0 Å². The number of anilines is 1. The molecule has 0 radical (unpaired) electrons. The molecule has 0 aromatic carbocycles. The number of hydrogen-bond acceptors (Lipinski definition) is 4. The topological polar surface area (TPSA) is 48.4 Å². The lowest BCUT2D eigenvalue weighted by atomic mass is 10.2. The number of likely N-dealkylation sites (N-methyl/N-ethyl adjacent to an activating group) is 1. The fourth-order valence-electron chi connectivity index (χ4n) is 2.00. The molecule has 4 nitrogen and oxygen atoms in total. The first-order valence-corrected chi connectivity index (χ1v) is 6.74. The van der Waals surface area contributed by atoms with Crippen molar-refractivity contribution in [2.75, 3.05) is 31.1 Å². The molecule has 0 unspecified atom stereocenters. The molecule has 0 fully saturated rings. The predicted molar refractivity (Wildman–Crippen MR) is 75.9 cm³/mol. The molecule has 102 valence electrons. The van der Waals surface area contributed by atoms with Crippen LogP contribution in [-0.2, 0) is 6.54 Å². The average Bonchev–Trinajstić information content (AvgIpc) is 2.37. The van der Waals surface area contributed by atoms with Crippen LogP contribution in [0.4, 0.5) is 5.82 Å². The second kappa shape index (κ2) is 8.06. The number of nitrogens with zero attached hydrogens (tertiary/aromatic N) is 2. The average molecular weight is 251 g/mol. The fourth-order valence-corrected chi connectivity index (χ4v) is 2.00. The van der Waals surface area contributed by atoms with E-state index in [1.165, 1.54) is 11.1 Å². The van der Waals surface area contributed by atoms with E-state index in [2.05, 4.69) is 42.0 Å². The van der Waals surface area contributed by atoms with Crippen LogP contribution in [0.3, 0.4) is 0 Å². The summed E-state index contributed by atoms with van der Waals surface area (Å²) in [5, 5.41) is 12.4. The molecule has 2 N–H and O–H groups in total. The normalized spacial score (nSPS) is 10.7. The summed E-state index contributed by atoms with van der Waals surface area (Å²) in [7, 11) is 0. The molecular formula is C14H25N3O. The second-order valence-corrected chi connectivity index (χ2v) is 4.46. The standard InChI is InChI=1S/C14H25N3O/c1-4-6-15-10-13-9-12(3)14(16-11-13)17(5-2)7-8-18/h9,11,15,18H,4-8,10H2,1-3H3. The summed E-state index contributed by atoms with van der Waals surface area (Å²) >= 11 is 0. The Morgan fingerprint density at radius 3 is 2.72 bits per heavy atom. The predicted octanol–water partition coefficient (Wildman–Crippen LogP) is 1.71. The number of aliphatic hydroxyl groups excluding tert-OH is 1. The van der Waals surface area contributed by atoms with E-state index in [1.54, 1.807) is 0 Å². The van der Waals surface area contributed by atoms with Crippen molar-refractivity contribution >= 4 is 5.82 Å². The first-order valence-electron chi connectivity index (χ1n) is 6.74. The van der Waals surface area contributed by atoms with Crippen molar-refractivity contribution in [3.63, 3.8) is 0 Å². The maximum Gasteiger partial charge on any atom is 0.131 e. The zero-order chi connectivity index (χ0) is 13.4. The first kappa shape index (κ1) is 14.9. The van der Waals surface area contributed by atoms with Crippen molar-refractivity contribution < 1.29 is 5.11 Å². The molecule has 0 aliphatic carbocycles. The van der Waals surface area contributed by atoms with Gasteiger partial charge in [0.05, 0.1) is 6.61 Å². The minimum absolute atomic E-state index is 0.161. The van der Waals surface area contributed by atoms with Crippen molar-refractivity contribution in [1.82, 2.24) is 10.3 Å². The lowest BCUT2D eigenvalue weighted by molar-refractivity contribution is 0.302. The third-order valence-electron chi connectivity index (χ3n) is 2.91. The Hall–Kier alpha value is -1.13. The summed E-state index contributed by atoms with van der Waals surface area (Å²) in [4.78, 5) is 6.62. The molecule has 18 heavy (non-hydrogen) atoms. The number of rotatable bonds is 8. The number of nitrogens with one attached hydrogen (secondary N) is 1. The molecule has 0 atom stereocenters. The molecular weight excluding hydrogens is 226 g/mol. The maximum absolute atomic E-state index is 9.04. The largest absolute Gasteiger partial charge is 0.395 e. The number of aryl methyl sites for hydroxylation is 1. The van der Waals surface area contributed by atoms with Crippen molar-refractivity contribution in [1.29, 1.82) is 0 Å². The first-order chi connectivity index (χ1) is 8.72. The molecule has 0 amide bonds. The fraction of sp³-hybridized carbons (Fsp3) is 0.643. The van der Waals surface area contributed by atoms with Crippen LogP contribution in [-0.4, -0.2) is 36.3 Å². The lowest BCUT2D eigenvalue weighted by Crippen LogP contribution is -2.28. The minimum atomic E-state index is 0.161. The van der Waals surface area contributed by atoms with Crippen LogP contribution < -0.4 is 10.2 Å². The van der Waals surface area contributed by atoms with E-state index < -0.39 is 0 Å². The Bertz CT molecular complexity index is 355.